The highest BCUT2D eigenvalue weighted by molar-refractivity contribution is 6.30. The summed E-state index contributed by atoms with van der Waals surface area (Å²) in [5.41, 5.74) is 0.841. The molecule has 1 aliphatic heterocycles. The first-order valence-electron chi connectivity index (χ1n) is 7.88. The van der Waals surface area contributed by atoms with Crippen LogP contribution in [0.15, 0.2) is 88.5 Å². The van der Waals surface area contributed by atoms with Crippen molar-refractivity contribution in [3.05, 3.63) is 100 Å². The molecule has 5 nitrogen and oxygen atoms in total. The molecule has 0 N–H and O–H groups in total. The van der Waals surface area contributed by atoms with E-state index in [1.165, 1.54) is 11.2 Å². The zero-order valence-electron chi connectivity index (χ0n) is 14.0. The minimum Gasteiger partial charge on any atom is -0.465 e. The number of allylic oxidation sites excluding steroid dienone is 5. The molecule has 0 saturated heterocycles. The van der Waals surface area contributed by atoms with Gasteiger partial charge in [0, 0.05) is 22.9 Å². The highest BCUT2D eigenvalue weighted by Gasteiger charge is 2.23. The van der Waals surface area contributed by atoms with Crippen molar-refractivity contribution in [3.63, 3.8) is 0 Å². The Kier molecular flexibility index (Phi) is 5.37. The number of hydrogen-bond acceptors (Lipinski definition) is 5. The third kappa shape index (κ3) is 3.90. The first kappa shape index (κ1) is 18.0. The number of furan rings is 1. The molecule has 1 aliphatic rings. The molecule has 0 aliphatic carbocycles. The van der Waals surface area contributed by atoms with E-state index >= 15 is 0 Å². The van der Waals surface area contributed by atoms with Crippen molar-refractivity contribution in [1.82, 2.24) is 4.90 Å². The molecule has 0 spiro atoms. The Morgan fingerprint density at radius 3 is 2.48 bits per heavy atom. The lowest BCUT2D eigenvalue weighted by Crippen LogP contribution is -2.24. The number of halogens is 1. The number of carbonyl (C=O) groups excluding carboxylic acids is 1. The molecule has 0 unspecified atom stereocenters. The van der Waals surface area contributed by atoms with E-state index in [1.54, 1.807) is 66.9 Å². The Morgan fingerprint density at radius 2 is 1.85 bits per heavy atom. The molecule has 27 heavy (non-hydrogen) atoms. The molecule has 0 amide bonds. The van der Waals surface area contributed by atoms with Crippen molar-refractivity contribution in [2.45, 2.75) is 0 Å². The van der Waals surface area contributed by atoms with E-state index in [-0.39, 0.29) is 17.1 Å². The van der Waals surface area contributed by atoms with Crippen LogP contribution in [0.3, 0.4) is 0 Å². The molecule has 2 aromatic rings. The second kappa shape index (κ2) is 8.05. The lowest BCUT2D eigenvalue weighted by molar-refractivity contribution is 0.101. The number of benzene rings is 1. The normalized spacial score (nSPS) is 13.2. The Labute approximate surface area is 161 Å². The van der Waals surface area contributed by atoms with Gasteiger partial charge in [-0.1, -0.05) is 17.7 Å². The van der Waals surface area contributed by atoms with Gasteiger partial charge in [0.2, 0.25) is 5.78 Å². The van der Waals surface area contributed by atoms with Crippen molar-refractivity contribution in [1.29, 1.82) is 10.5 Å². The van der Waals surface area contributed by atoms with Crippen LogP contribution in [0.2, 0.25) is 5.02 Å². The molecule has 0 atom stereocenters. The number of Topliss-reactive ketones (excluding diaryl/α,β-unsaturated/α-hetero) is 1. The van der Waals surface area contributed by atoms with Gasteiger partial charge in [-0.3, -0.25) is 4.79 Å². The number of carbonyl (C=O) groups is 1. The molecule has 0 radical (unpaired) electrons. The van der Waals surface area contributed by atoms with Gasteiger partial charge < -0.3 is 9.32 Å². The van der Waals surface area contributed by atoms with Gasteiger partial charge in [0.1, 0.15) is 17.9 Å². The molecule has 2 heterocycles. The van der Waals surface area contributed by atoms with E-state index in [2.05, 4.69) is 0 Å². The van der Waals surface area contributed by atoms with E-state index in [0.29, 0.717) is 22.0 Å². The average molecular weight is 374 g/mol. The number of nitrogens with zero attached hydrogens (tertiary/aromatic N) is 3. The van der Waals surface area contributed by atoms with Gasteiger partial charge in [-0.15, -0.1) is 0 Å². The van der Waals surface area contributed by atoms with E-state index in [9.17, 15) is 15.3 Å². The maximum atomic E-state index is 13.2. The molecule has 3 rings (SSSR count). The third-order valence-corrected chi connectivity index (χ3v) is 4.01. The first-order chi connectivity index (χ1) is 13.1. The zero-order valence-corrected chi connectivity index (χ0v) is 14.7. The molecular weight excluding hydrogens is 362 g/mol. The fraction of sp³-hybridized carbons (Fsp3) is 0. The van der Waals surface area contributed by atoms with Gasteiger partial charge in [-0.25, -0.2) is 0 Å². The van der Waals surface area contributed by atoms with E-state index in [4.69, 9.17) is 16.0 Å². The van der Waals surface area contributed by atoms with Gasteiger partial charge >= 0.3 is 0 Å². The maximum Gasteiger partial charge on any atom is 0.209 e. The van der Waals surface area contributed by atoms with Crippen LogP contribution in [0.25, 0.3) is 6.08 Å². The molecule has 1 aromatic carbocycles. The zero-order chi connectivity index (χ0) is 19.2. The van der Waals surface area contributed by atoms with E-state index in [1.807, 2.05) is 12.1 Å². The summed E-state index contributed by atoms with van der Waals surface area (Å²) in [6, 6.07) is 13.6. The van der Waals surface area contributed by atoms with Crippen LogP contribution in [0.5, 0.6) is 0 Å². The van der Waals surface area contributed by atoms with Crippen molar-refractivity contribution < 1.29 is 9.21 Å². The summed E-state index contributed by atoms with van der Waals surface area (Å²) in [6.07, 6.45) is 9.68. The Morgan fingerprint density at radius 1 is 1.11 bits per heavy atom. The van der Waals surface area contributed by atoms with Crippen molar-refractivity contribution in [2.24, 2.45) is 0 Å². The lowest BCUT2D eigenvalue weighted by atomic mass is 10.0. The average Bonchev–Trinajstić information content (AvgIpc) is 3.21. The van der Waals surface area contributed by atoms with Crippen LogP contribution >= 0.6 is 11.6 Å². The lowest BCUT2D eigenvalue weighted by Gasteiger charge is -2.25. The molecule has 0 fully saturated rings. The highest BCUT2D eigenvalue weighted by Crippen LogP contribution is 2.27. The number of rotatable bonds is 4. The molecule has 1 aromatic heterocycles. The number of nitriles is 2. The van der Waals surface area contributed by atoms with Crippen LogP contribution in [0, 0.1) is 22.7 Å². The van der Waals surface area contributed by atoms with Crippen molar-refractivity contribution in [2.75, 3.05) is 0 Å². The van der Waals surface area contributed by atoms with E-state index in [0.717, 1.165) is 0 Å². The van der Waals surface area contributed by atoms with Gasteiger partial charge in [0.15, 0.2) is 5.57 Å². The predicted octanol–water partition coefficient (Wildman–Crippen LogP) is 4.84. The molecule has 0 saturated carbocycles. The van der Waals surface area contributed by atoms with Gasteiger partial charge in [-0.2, -0.15) is 10.5 Å². The van der Waals surface area contributed by atoms with Gasteiger partial charge in [-0.05, 0) is 48.6 Å². The maximum absolute atomic E-state index is 13.2. The van der Waals surface area contributed by atoms with Crippen molar-refractivity contribution in [3.8, 4) is 12.1 Å². The smallest absolute Gasteiger partial charge is 0.209 e. The SMILES string of the molecule is N#CC(C#N)=C1C=CC=CN1/C(=C/c1ccco1)C(=O)c1ccc(Cl)cc1. The third-order valence-electron chi connectivity index (χ3n) is 3.76. The van der Waals surface area contributed by atoms with Gasteiger partial charge in [0.25, 0.3) is 0 Å². The quantitative estimate of drug-likeness (QED) is 0.435. The second-order valence-electron chi connectivity index (χ2n) is 5.44. The molecule has 6 heteroatoms. The summed E-state index contributed by atoms with van der Waals surface area (Å²) in [4.78, 5) is 14.7. The standard InChI is InChI=1S/C21H12ClN3O2/c22-17-8-6-15(7-9-17)21(26)20(12-18-4-3-11-27-18)25-10-2-1-5-19(25)16(13-23)14-24/h1-12H/b20-12+. The second-order valence-corrected chi connectivity index (χ2v) is 5.87. The summed E-state index contributed by atoms with van der Waals surface area (Å²) in [6.45, 7) is 0. The topological polar surface area (TPSA) is 81.0 Å². The minimum absolute atomic E-state index is 0.107. The summed E-state index contributed by atoms with van der Waals surface area (Å²) >= 11 is 5.91. The Balaban J connectivity index is 2.15. The fourth-order valence-electron chi connectivity index (χ4n) is 2.50. The predicted molar refractivity (Wildman–Crippen MR) is 101 cm³/mol. The Bertz CT molecular complexity index is 1040. The fourth-order valence-corrected chi connectivity index (χ4v) is 2.62. The van der Waals surface area contributed by atoms with Crippen LogP contribution < -0.4 is 0 Å². The largest absolute Gasteiger partial charge is 0.465 e. The molecular formula is C21H12ClN3O2. The van der Waals surface area contributed by atoms with E-state index < -0.39 is 0 Å². The monoisotopic (exact) mass is 373 g/mol. The van der Waals surface area contributed by atoms with Crippen LogP contribution in [-0.2, 0) is 0 Å². The van der Waals surface area contributed by atoms with Crippen LogP contribution in [-0.4, -0.2) is 10.7 Å². The van der Waals surface area contributed by atoms with Crippen LogP contribution in [0.4, 0.5) is 0 Å². The Hall–Kier alpha value is -3.80. The summed E-state index contributed by atoms with van der Waals surface area (Å²) in [7, 11) is 0. The van der Waals surface area contributed by atoms with Crippen LogP contribution in [0.1, 0.15) is 16.1 Å². The minimum atomic E-state index is -0.309. The highest BCUT2D eigenvalue weighted by atomic mass is 35.5. The van der Waals surface area contributed by atoms with Gasteiger partial charge in [0.05, 0.1) is 17.7 Å². The number of hydrogen-bond donors (Lipinski definition) is 0. The molecule has 0 bridgehead atoms. The summed E-state index contributed by atoms with van der Waals surface area (Å²) in [5.74, 6) is 0.154. The van der Waals surface area contributed by atoms with Crippen molar-refractivity contribution >= 4 is 23.5 Å². The summed E-state index contributed by atoms with van der Waals surface area (Å²) in [5, 5.41) is 19.1. The summed E-state index contributed by atoms with van der Waals surface area (Å²) < 4.78 is 5.34. The first-order valence-corrected chi connectivity index (χ1v) is 8.26. The molecule has 130 valence electrons. The number of ketones is 1.